The number of rotatable bonds is 5. The Labute approximate surface area is 152 Å². The second-order valence-corrected chi connectivity index (χ2v) is 6.05. The summed E-state index contributed by atoms with van der Waals surface area (Å²) in [6, 6.07) is 24.0. The predicted octanol–water partition coefficient (Wildman–Crippen LogP) is 4.43. The maximum Gasteiger partial charge on any atom is 0.255 e. The normalized spacial score (nSPS) is 10.2. The van der Waals surface area contributed by atoms with Gasteiger partial charge in [-0.25, -0.2) is 0 Å². The number of carbonyl (C=O) groups is 2. The SMILES string of the molecule is Cc1ccccc1CC(=O)Nc1cccc(C(=O)Nc2ccccc2)c1. The first-order chi connectivity index (χ1) is 12.6. The molecule has 3 aromatic carbocycles. The van der Waals surface area contributed by atoms with Crippen LogP contribution >= 0.6 is 0 Å². The van der Waals surface area contributed by atoms with E-state index in [9.17, 15) is 9.59 Å². The van der Waals surface area contributed by atoms with Crippen LogP contribution in [0.25, 0.3) is 0 Å². The zero-order chi connectivity index (χ0) is 18.4. The van der Waals surface area contributed by atoms with Crippen molar-refractivity contribution in [1.29, 1.82) is 0 Å². The summed E-state index contributed by atoms with van der Waals surface area (Å²) in [6.45, 7) is 1.98. The van der Waals surface area contributed by atoms with Gasteiger partial charge in [0.2, 0.25) is 5.91 Å². The highest BCUT2D eigenvalue weighted by Crippen LogP contribution is 2.15. The van der Waals surface area contributed by atoms with E-state index in [1.54, 1.807) is 24.3 Å². The van der Waals surface area contributed by atoms with E-state index in [1.165, 1.54) is 0 Å². The van der Waals surface area contributed by atoms with Crippen LogP contribution in [0.4, 0.5) is 11.4 Å². The third kappa shape index (κ3) is 4.57. The number of anilines is 2. The van der Waals surface area contributed by atoms with E-state index >= 15 is 0 Å². The van der Waals surface area contributed by atoms with Gasteiger partial charge in [0.1, 0.15) is 0 Å². The lowest BCUT2D eigenvalue weighted by molar-refractivity contribution is -0.115. The van der Waals surface area contributed by atoms with Gasteiger partial charge in [-0.2, -0.15) is 0 Å². The maximum absolute atomic E-state index is 12.4. The number of aryl methyl sites for hydroxylation is 1. The highest BCUT2D eigenvalue weighted by atomic mass is 16.2. The average molecular weight is 344 g/mol. The van der Waals surface area contributed by atoms with Gasteiger partial charge in [0, 0.05) is 16.9 Å². The molecule has 0 aliphatic rings. The van der Waals surface area contributed by atoms with Crippen LogP contribution < -0.4 is 10.6 Å². The van der Waals surface area contributed by atoms with Crippen molar-refractivity contribution < 1.29 is 9.59 Å². The minimum absolute atomic E-state index is 0.111. The molecule has 4 heteroatoms. The Kier molecular flexibility index (Phi) is 5.44. The molecule has 0 radical (unpaired) electrons. The minimum atomic E-state index is -0.216. The van der Waals surface area contributed by atoms with Crippen molar-refractivity contribution in [2.45, 2.75) is 13.3 Å². The Morgan fingerprint density at radius 2 is 1.46 bits per heavy atom. The summed E-state index contributed by atoms with van der Waals surface area (Å²) in [6.07, 6.45) is 0.299. The summed E-state index contributed by atoms with van der Waals surface area (Å²) in [5.41, 5.74) is 3.89. The molecule has 2 N–H and O–H groups in total. The molecule has 2 amide bonds. The van der Waals surface area contributed by atoms with E-state index in [0.717, 1.165) is 16.8 Å². The Bertz CT molecular complexity index is 920. The standard InChI is InChI=1S/C22H20N2O2/c1-16-8-5-6-9-17(16)15-21(25)23-20-13-7-10-18(14-20)22(26)24-19-11-3-2-4-12-19/h2-14H,15H2,1H3,(H,23,25)(H,24,26). The molecule has 0 fully saturated rings. The molecule has 0 saturated carbocycles. The summed E-state index contributed by atoms with van der Waals surface area (Å²) in [5.74, 6) is -0.328. The molecular formula is C22H20N2O2. The fraction of sp³-hybridized carbons (Fsp3) is 0.0909. The zero-order valence-electron chi connectivity index (χ0n) is 14.5. The van der Waals surface area contributed by atoms with E-state index in [2.05, 4.69) is 10.6 Å². The predicted molar refractivity (Wildman–Crippen MR) is 104 cm³/mol. The van der Waals surface area contributed by atoms with Crippen molar-refractivity contribution in [2.24, 2.45) is 0 Å². The lowest BCUT2D eigenvalue weighted by Gasteiger charge is -2.09. The summed E-state index contributed by atoms with van der Waals surface area (Å²) >= 11 is 0. The van der Waals surface area contributed by atoms with Gasteiger partial charge in [-0.05, 0) is 48.4 Å². The monoisotopic (exact) mass is 344 g/mol. The van der Waals surface area contributed by atoms with Crippen LogP contribution in [0.2, 0.25) is 0 Å². The van der Waals surface area contributed by atoms with E-state index in [0.29, 0.717) is 17.7 Å². The summed E-state index contributed by atoms with van der Waals surface area (Å²) in [7, 11) is 0. The molecule has 0 aliphatic carbocycles. The van der Waals surface area contributed by atoms with Gasteiger partial charge in [0.15, 0.2) is 0 Å². The van der Waals surface area contributed by atoms with E-state index in [-0.39, 0.29) is 11.8 Å². The lowest BCUT2D eigenvalue weighted by atomic mass is 10.1. The number of carbonyl (C=O) groups excluding carboxylic acids is 2. The van der Waals surface area contributed by atoms with E-state index in [1.807, 2.05) is 61.5 Å². The number of nitrogens with one attached hydrogen (secondary N) is 2. The Morgan fingerprint density at radius 1 is 0.769 bits per heavy atom. The van der Waals surface area contributed by atoms with Gasteiger partial charge >= 0.3 is 0 Å². The molecule has 3 aromatic rings. The van der Waals surface area contributed by atoms with Crippen LogP contribution in [0.3, 0.4) is 0 Å². The molecule has 0 heterocycles. The molecular weight excluding hydrogens is 324 g/mol. The number of benzene rings is 3. The third-order valence-electron chi connectivity index (χ3n) is 4.05. The van der Waals surface area contributed by atoms with Crippen LogP contribution in [0.5, 0.6) is 0 Å². The molecule has 0 saturated heterocycles. The van der Waals surface area contributed by atoms with Crippen molar-refractivity contribution in [3.05, 3.63) is 95.6 Å². The van der Waals surface area contributed by atoms with Gasteiger partial charge in [-0.15, -0.1) is 0 Å². The number of para-hydroxylation sites is 1. The second kappa shape index (κ2) is 8.12. The van der Waals surface area contributed by atoms with Crippen LogP contribution in [0.15, 0.2) is 78.9 Å². The molecule has 4 nitrogen and oxygen atoms in total. The maximum atomic E-state index is 12.4. The molecule has 3 rings (SSSR count). The first-order valence-electron chi connectivity index (χ1n) is 8.42. The van der Waals surface area contributed by atoms with Crippen molar-refractivity contribution in [3.63, 3.8) is 0 Å². The van der Waals surface area contributed by atoms with Crippen molar-refractivity contribution in [1.82, 2.24) is 0 Å². The largest absolute Gasteiger partial charge is 0.326 e. The van der Waals surface area contributed by atoms with Crippen LogP contribution in [-0.4, -0.2) is 11.8 Å². The summed E-state index contributed by atoms with van der Waals surface area (Å²) < 4.78 is 0. The first-order valence-corrected chi connectivity index (χ1v) is 8.42. The zero-order valence-corrected chi connectivity index (χ0v) is 14.5. The van der Waals surface area contributed by atoms with E-state index in [4.69, 9.17) is 0 Å². The molecule has 0 unspecified atom stereocenters. The molecule has 0 aromatic heterocycles. The Balaban J connectivity index is 1.66. The molecule has 0 aliphatic heterocycles. The van der Waals surface area contributed by atoms with Crippen LogP contribution in [-0.2, 0) is 11.2 Å². The highest BCUT2D eigenvalue weighted by Gasteiger charge is 2.09. The lowest BCUT2D eigenvalue weighted by Crippen LogP contribution is -2.16. The third-order valence-corrected chi connectivity index (χ3v) is 4.05. The van der Waals surface area contributed by atoms with Gasteiger partial charge in [-0.3, -0.25) is 9.59 Å². The van der Waals surface area contributed by atoms with Crippen LogP contribution in [0, 0.1) is 6.92 Å². The van der Waals surface area contributed by atoms with Crippen LogP contribution in [0.1, 0.15) is 21.5 Å². The smallest absolute Gasteiger partial charge is 0.255 e. The van der Waals surface area contributed by atoms with Crippen molar-refractivity contribution >= 4 is 23.2 Å². The second-order valence-electron chi connectivity index (χ2n) is 6.05. The van der Waals surface area contributed by atoms with Gasteiger partial charge < -0.3 is 10.6 Å². The highest BCUT2D eigenvalue weighted by molar-refractivity contribution is 6.05. The Morgan fingerprint density at radius 3 is 2.23 bits per heavy atom. The van der Waals surface area contributed by atoms with Gasteiger partial charge in [0.05, 0.1) is 6.42 Å². The quantitative estimate of drug-likeness (QED) is 0.719. The fourth-order valence-corrected chi connectivity index (χ4v) is 2.65. The fourth-order valence-electron chi connectivity index (χ4n) is 2.65. The number of amides is 2. The topological polar surface area (TPSA) is 58.2 Å². The summed E-state index contributed by atoms with van der Waals surface area (Å²) in [5, 5.41) is 5.69. The average Bonchev–Trinajstić information content (AvgIpc) is 2.64. The van der Waals surface area contributed by atoms with Gasteiger partial charge in [-0.1, -0.05) is 48.5 Å². The van der Waals surface area contributed by atoms with Crippen molar-refractivity contribution in [3.8, 4) is 0 Å². The minimum Gasteiger partial charge on any atom is -0.326 e. The molecule has 0 spiro atoms. The molecule has 26 heavy (non-hydrogen) atoms. The molecule has 0 bridgehead atoms. The number of hydrogen-bond donors (Lipinski definition) is 2. The number of hydrogen-bond acceptors (Lipinski definition) is 2. The van der Waals surface area contributed by atoms with Crippen molar-refractivity contribution in [2.75, 3.05) is 10.6 Å². The Hall–Kier alpha value is -3.40. The first kappa shape index (κ1) is 17.4. The molecule has 130 valence electrons. The molecule has 0 atom stereocenters. The summed E-state index contributed by atoms with van der Waals surface area (Å²) in [4.78, 5) is 24.7. The van der Waals surface area contributed by atoms with Gasteiger partial charge in [0.25, 0.3) is 5.91 Å². The van der Waals surface area contributed by atoms with E-state index < -0.39 is 0 Å².